The lowest BCUT2D eigenvalue weighted by Gasteiger charge is -2.30. The topological polar surface area (TPSA) is 92.8 Å². The quantitative estimate of drug-likeness (QED) is 0.763. The van der Waals surface area contributed by atoms with Crippen molar-refractivity contribution in [3.8, 4) is 5.75 Å². The Hall–Kier alpha value is -1.93. The second-order valence-electron chi connectivity index (χ2n) is 6.75. The second kappa shape index (κ2) is 7.75. The summed E-state index contributed by atoms with van der Waals surface area (Å²) >= 11 is 0. The minimum atomic E-state index is -3.22. The molecule has 3 rings (SSSR count). The predicted molar refractivity (Wildman–Crippen MR) is 97.9 cm³/mol. The summed E-state index contributed by atoms with van der Waals surface area (Å²) in [6.45, 7) is 2.71. The van der Waals surface area contributed by atoms with Crippen LogP contribution in [0.25, 0.3) is 0 Å². The van der Waals surface area contributed by atoms with Gasteiger partial charge in [-0.1, -0.05) is 13.3 Å². The first-order valence-corrected chi connectivity index (χ1v) is 10.6. The fraction of sp³-hybridized carbons (Fsp3) is 0.556. The van der Waals surface area contributed by atoms with E-state index in [1.54, 1.807) is 18.2 Å². The monoisotopic (exact) mass is 380 g/mol. The highest BCUT2D eigenvalue weighted by molar-refractivity contribution is 7.89. The number of amides is 1. The van der Waals surface area contributed by atoms with Crippen LogP contribution in [-0.2, 0) is 14.8 Å². The molecule has 1 saturated heterocycles. The number of nitrogens with one attached hydrogen (secondary N) is 1. The van der Waals surface area contributed by atoms with Crippen LogP contribution in [0.3, 0.4) is 0 Å². The van der Waals surface area contributed by atoms with Crippen LogP contribution < -0.4 is 10.1 Å². The first kappa shape index (κ1) is 18.8. The van der Waals surface area contributed by atoms with Gasteiger partial charge in [0.1, 0.15) is 5.75 Å². The SMILES string of the molecule is CCCCS(=O)(=O)N1CCC(C(=O)c2ccc3c(c2)NC(=O)CO3)CC1. The summed E-state index contributed by atoms with van der Waals surface area (Å²) in [5.41, 5.74) is 1.02. The van der Waals surface area contributed by atoms with Crippen LogP contribution in [0.1, 0.15) is 43.0 Å². The van der Waals surface area contributed by atoms with Gasteiger partial charge in [0.2, 0.25) is 10.0 Å². The zero-order valence-electron chi connectivity index (χ0n) is 14.9. The van der Waals surface area contributed by atoms with Crippen LogP contribution in [0, 0.1) is 5.92 Å². The highest BCUT2D eigenvalue weighted by Gasteiger charge is 2.31. The van der Waals surface area contributed by atoms with Crippen LogP contribution in [0.5, 0.6) is 5.75 Å². The summed E-state index contributed by atoms with van der Waals surface area (Å²) in [6.07, 6.45) is 2.53. The van der Waals surface area contributed by atoms with Gasteiger partial charge in [0, 0.05) is 24.6 Å². The number of carbonyl (C=O) groups is 2. The number of carbonyl (C=O) groups excluding carboxylic acids is 2. The van der Waals surface area contributed by atoms with E-state index in [9.17, 15) is 18.0 Å². The standard InChI is InChI=1S/C18H24N2O5S/c1-2-3-10-26(23,24)20-8-6-13(7-9-20)18(22)14-4-5-16-15(11-14)19-17(21)12-25-16/h4-5,11,13H,2-3,6-10,12H2,1H3,(H,19,21). The fourth-order valence-corrected chi connectivity index (χ4v) is 5.00. The molecule has 0 saturated carbocycles. The van der Waals surface area contributed by atoms with Crippen molar-refractivity contribution in [1.29, 1.82) is 0 Å². The fourth-order valence-electron chi connectivity index (χ4n) is 3.32. The number of rotatable bonds is 6. The molecule has 26 heavy (non-hydrogen) atoms. The molecule has 0 unspecified atom stereocenters. The van der Waals surface area contributed by atoms with Gasteiger partial charge in [0.05, 0.1) is 11.4 Å². The third kappa shape index (κ3) is 4.07. The average Bonchev–Trinajstić information content (AvgIpc) is 2.65. The van der Waals surface area contributed by atoms with Crippen LogP contribution in [-0.4, -0.2) is 49.9 Å². The van der Waals surface area contributed by atoms with Crippen molar-refractivity contribution >= 4 is 27.4 Å². The summed E-state index contributed by atoms with van der Waals surface area (Å²) in [4.78, 5) is 24.2. The lowest BCUT2D eigenvalue weighted by atomic mass is 9.89. The molecule has 0 radical (unpaired) electrons. The Bertz CT molecular complexity index is 798. The first-order valence-electron chi connectivity index (χ1n) is 8.99. The van der Waals surface area contributed by atoms with E-state index in [0.717, 1.165) is 6.42 Å². The summed E-state index contributed by atoms with van der Waals surface area (Å²) in [5.74, 6) is 0.266. The van der Waals surface area contributed by atoms with Gasteiger partial charge in [-0.2, -0.15) is 0 Å². The Morgan fingerprint density at radius 2 is 2.04 bits per heavy atom. The molecule has 1 aromatic rings. The maximum Gasteiger partial charge on any atom is 0.262 e. The zero-order chi connectivity index (χ0) is 18.7. The molecule has 1 amide bonds. The maximum atomic E-state index is 12.8. The number of hydrogen-bond acceptors (Lipinski definition) is 5. The molecular formula is C18H24N2O5S. The summed E-state index contributed by atoms with van der Waals surface area (Å²) in [6, 6.07) is 5.02. The number of unbranched alkanes of at least 4 members (excludes halogenated alkanes) is 1. The van der Waals surface area contributed by atoms with Crippen LogP contribution in [0.4, 0.5) is 5.69 Å². The molecule has 2 heterocycles. The van der Waals surface area contributed by atoms with Crippen LogP contribution >= 0.6 is 0 Å². The van der Waals surface area contributed by atoms with Gasteiger partial charge >= 0.3 is 0 Å². The third-order valence-electron chi connectivity index (χ3n) is 4.87. The summed E-state index contributed by atoms with van der Waals surface area (Å²) < 4.78 is 31.3. The minimum Gasteiger partial charge on any atom is -0.482 e. The Morgan fingerprint density at radius 3 is 2.73 bits per heavy atom. The van der Waals surface area contributed by atoms with E-state index in [4.69, 9.17) is 4.74 Å². The maximum absolute atomic E-state index is 12.8. The van der Waals surface area contributed by atoms with Gasteiger partial charge in [0.25, 0.3) is 5.91 Å². The van der Waals surface area contributed by atoms with Crippen LogP contribution in [0.2, 0.25) is 0 Å². The number of anilines is 1. The zero-order valence-corrected chi connectivity index (χ0v) is 15.7. The number of ether oxygens (including phenoxy) is 1. The van der Waals surface area contributed by atoms with Crippen molar-refractivity contribution in [2.45, 2.75) is 32.6 Å². The number of piperidine rings is 1. The normalized spacial score (nSPS) is 18.7. The van der Waals surface area contributed by atoms with Crippen LogP contribution in [0.15, 0.2) is 18.2 Å². The Kier molecular flexibility index (Phi) is 5.62. The summed E-state index contributed by atoms with van der Waals surface area (Å²) in [7, 11) is -3.22. The highest BCUT2D eigenvalue weighted by atomic mass is 32.2. The molecule has 1 aromatic carbocycles. The Balaban J connectivity index is 1.64. The van der Waals surface area contributed by atoms with Crippen molar-refractivity contribution in [1.82, 2.24) is 4.31 Å². The number of fused-ring (bicyclic) bond motifs is 1. The highest BCUT2D eigenvalue weighted by Crippen LogP contribution is 2.31. The number of nitrogens with zero attached hydrogens (tertiary/aromatic N) is 1. The molecule has 0 aromatic heterocycles. The molecule has 7 nitrogen and oxygen atoms in total. The molecule has 2 aliphatic heterocycles. The molecule has 1 N–H and O–H groups in total. The molecule has 0 atom stereocenters. The Labute approximate surface area is 153 Å². The van der Waals surface area contributed by atoms with Crippen molar-refractivity contribution in [3.05, 3.63) is 23.8 Å². The van der Waals surface area contributed by atoms with Gasteiger partial charge in [-0.05, 0) is 37.5 Å². The smallest absolute Gasteiger partial charge is 0.262 e. The van der Waals surface area contributed by atoms with Crippen molar-refractivity contribution in [3.63, 3.8) is 0 Å². The molecule has 0 spiro atoms. The first-order chi connectivity index (χ1) is 12.4. The van der Waals surface area contributed by atoms with Gasteiger partial charge in [-0.15, -0.1) is 0 Å². The van der Waals surface area contributed by atoms with E-state index in [-0.39, 0.29) is 30.0 Å². The molecule has 0 bridgehead atoms. The molecule has 8 heteroatoms. The van der Waals surface area contributed by atoms with Crippen molar-refractivity contribution in [2.24, 2.45) is 5.92 Å². The third-order valence-corrected chi connectivity index (χ3v) is 6.83. The lowest BCUT2D eigenvalue weighted by Crippen LogP contribution is -2.41. The molecule has 1 fully saturated rings. The van der Waals surface area contributed by atoms with Gasteiger partial charge < -0.3 is 10.1 Å². The lowest BCUT2D eigenvalue weighted by molar-refractivity contribution is -0.118. The minimum absolute atomic E-state index is 0.0155. The van der Waals surface area contributed by atoms with E-state index in [2.05, 4.69) is 5.32 Å². The van der Waals surface area contributed by atoms with Gasteiger partial charge in [0.15, 0.2) is 12.4 Å². The second-order valence-corrected chi connectivity index (χ2v) is 8.84. The predicted octanol–water partition coefficient (Wildman–Crippen LogP) is 2.04. The summed E-state index contributed by atoms with van der Waals surface area (Å²) in [5, 5.41) is 2.70. The molecule has 2 aliphatic rings. The van der Waals surface area contributed by atoms with Gasteiger partial charge in [-0.25, -0.2) is 12.7 Å². The van der Waals surface area contributed by atoms with Crippen molar-refractivity contribution in [2.75, 3.05) is 30.8 Å². The number of benzene rings is 1. The average molecular weight is 380 g/mol. The van der Waals surface area contributed by atoms with E-state index < -0.39 is 10.0 Å². The van der Waals surface area contributed by atoms with E-state index in [1.807, 2.05) is 6.92 Å². The largest absolute Gasteiger partial charge is 0.482 e. The molecule has 142 valence electrons. The molecule has 0 aliphatic carbocycles. The molecular weight excluding hydrogens is 356 g/mol. The van der Waals surface area contributed by atoms with E-state index in [1.165, 1.54) is 4.31 Å². The van der Waals surface area contributed by atoms with Gasteiger partial charge in [-0.3, -0.25) is 9.59 Å². The van der Waals surface area contributed by atoms with Crippen molar-refractivity contribution < 1.29 is 22.7 Å². The number of ketones is 1. The van der Waals surface area contributed by atoms with E-state index in [0.29, 0.717) is 49.4 Å². The van der Waals surface area contributed by atoms with E-state index >= 15 is 0 Å². The Morgan fingerprint density at radius 1 is 1.31 bits per heavy atom. The number of Topliss-reactive ketones (excluding diaryl/α,β-unsaturated/α-hetero) is 1. The number of sulfonamides is 1. The number of hydrogen-bond donors (Lipinski definition) is 1.